The summed E-state index contributed by atoms with van der Waals surface area (Å²) in [5.41, 5.74) is -0.957. The predicted molar refractivity (Wildman–Crippen MR) is 142 cm³/mol. The SMILES string of the molecule is COC(=O)c1ccc(NC(=O)CCNC(C)=C2C(=O)C=C3Oc4c(C(C)=O)c(O)c(C)c(O)c4C3(C)C2=O)cc1. The molecule has 11 heteroatoms. The van der Waals surface area contributed by atoms with Gasteiger partial charge in [0.25, 0.3) is 0 Å². The van der Waals surface area contributed by atoms with Crippen LogP contribution in [-0.2, 0) is 24.5 Å². The minimum Gasteiger partial charge on any atom is -0.507 e. The summed E-state index contributed by atoms with van der Waals surface area (Å²) in [4.78, 5) is 63.0. The molecule has 0 spiro atoms. The maximum absolute atomic E-state index is 13.8. The lowest BCUT2D eigenvalue weighted by atomic mass is 9.70. The number of hydrogen-bond donors (Lipinski definition) is 4. The zero-order chi connectivity index (χ0) is 29.5. The zero-order valence-electron chi connectivity index (χ0n) is 22.6. The van der Waals surface area contributed by atoms with E-state index in [1.165, 1.54) is 46.9 Å². The molecule has 1 amide bonds. The summed E-state index contributed by atoms with van der Waals surface area (Å²) in [6, 6.07) is 6.15. The molecule has 2 aromatic rings. The molecule has 1 aliphatic heterocycles. The number of ketones is 3. The fourth-order valence-corrected chi connectivity index (χ4v) is 4.85. The third kappa shape index (κ3) is 4.49. The van der Waals surface area contributed by atoms with E-state index in [9.17, 15) is 34.2 Å². The van der Waals surface area contributed by atoms with Crippen molar-refractivity contribution in [3.63, 3.8) is 0 Å². The number of amides is 1. The lowest BCUT2D eigenvalue weighted by Crippen LogP contribution is -2.41. The van der Waals surface area contributed by atoms with Gasteiger partial charge in [-0.3, -0.25) is 19.2 Å². The topological polar surface area (TPSA) is 168 Å². The molecule has 1 aliphatic carbocycles. The molecule has 1 unspecified atom stereocenters. The molecule has 0 saturated carbocycles. The number of benzene rings is 2. The number of carbonyl (C=O) groups is 5. The number of fused-ring (bicyclic) bond motifs is 3. The van der Waals surface area contributed by atoms with E-state index < -0.39 is 40.2 Å². The van der Waals surface area contributed by atoms with Crippen LogP contribution in [0.4, 0.5) is 5.69 Å². The second-order valence-corrected chi connectivity index (χ2v) is 9.68. The third-order valence-corrected chi connectivity index (χ3v) is 7.09. The molecule has 0 aromatic heterocycles. The molecule has 208 valence electrons. The average molecular weight is 549 g/mol. The van der Waals surface area contributed by atoms with Crippen LogP contribution in [0.1, 0.15) is 59.0 Å². The van der Waals surface area contributed by atoms with Crippen molar-refractivity contribution in [2.45, 2.75) is 39.5 Å². The van der Waals surface area contributed by atoms with Crippen molar-refractivity contribution in [3.05, 3.63) is 69.6 Å². The summed E-state index contributed by atoms with van der Waals surface area (Å²) in [7, 11) is 1.27. The van der Waals surface area contributed by atoms with Gasteiger partial charge in [-0.1, -0.05) is 0 Å². The number of phenolic OH excluding ortho intramolecular Hbond substituents is 2. The lowest BCUT2D eigenvalue weighted by Gasteiger charge is -2.29. The van der Waals surface area contributed by atoms with E-state index in [-0.39, 0.29) is 58.3 Å². The van der Waals surface area contributed by atoms with Crippen LogP contribution in [0.3, 0.4) is 0 Å². The zero-order valence-corrected chi connectivity index (χ0v) is 22.6. The van der Waals surface area contributed by atoms with Crippen LogP contribution in [-0.4, -0.2) is 53.1 Å². The number of esters is 1. The van der Waals surface area contributed by atoms with Gasteiger partial charge in [-0.25, -0.2) is 4.79 Å². The van der Waals surface area contributed by atoms with Crippen LogP contribution in [0, 0.1) is 6.92 Å². The highest BCUT2D eigenvalue weighted by Gasteiger charge is 2.56. The number of Topliss-reactive ketones (excluding diaryl/α,β-unsaturated/α-hetero) is 2. The van der Waals surface area contributed by atoms with Crippen LogP contribution < -0.4 is 15.4 Å². The Hall–Kier alpha value is -4.93. The van der Waals surface area contributed by atoms with Crippen molar-refractivity contribution in [1.29, 1.82) is 0 Å². The van der Waals surface area contributed by atoms with Crippen LogP contribution in [0.2, 0.25) is 0 Å². The summed E-state index contributed by atoms with van der Waals surface area (Å²) in [5, 5.41) is 27.0. The van der Waals surface area contributed by atoms with Crippen molar-refractivity contribution in [3.8, 4) is 17.2 Å². The number of carbonyl (C=O) groups excluding carboxylic acids is 5. The Morgan fingerprint density at radius 3 is 2.30 bits per heavy atom. The van der Waals surface area contributed by atoms with Gasteiger partial charge in [0.2, 0.25) is 5.91 Å². The minimum absolute atomic E-state index is 0.000328. The van der Waals surface area contributed by atoms with Crippen molar-refractivity contribution in [2.24, 2.45) is 0 Å². The summed E-state index contributed by atoms with van der Waals surface area (Å²) >= 11 is 0. The summed E-state index contributed by atoms with van der Waals surface area (Å²) < 4.78 is 10.4. The summed E-state index contributed by atoms with van der Waals surface area (Å²) in [6.07, 6.45) is 1.12. The van der Waals surface area contributed by atoms with Gasteiger partial charge < -0.3 is 30.3 Å². The molecule has 1 atom stereocenters. The molecule has 2 aromatic carbocycles. The molecule has 0 radical (unpaired) electrons. The molecule has 0 bridgehead atoms. The van der Waals surface area contributed by atoms with Crippen molar-refractivity contribution >= 4 is 34.9 Å². The summed E-state index contributed by atoms with van der Waals surface area (Å²) in [5.74, 6) is -3.78. The Morgan fingerprint density at radius 2 is 1.70 bits per heavy atom. The Morgan fingerprint density at radius 1 is 1.05 bits per heavy atom. The van der Waals surface area contributed by atoms with Crippen LogP contribution in [0.5, 0.6) is 17.2 Å². The summed E-state index contributed by atoms with van der Waals surface area (Å²) in [6.45, 7) is 5.72. The molecule has 4 rings (SSSR count). The smallest absolute Gasteiger partial charge is 0.337 e. The average Bonchev–Trinajstić information content (AvgIpc) is 3.20. The molecular weight excluding hydrogens is 520 g/mol. The molecule has 4 N–H and O–H groups in total. The van der Waals surface area contributed by atoms with Gasteiger partial charge in [0, 0.05) is 36.0 Å². The fraction of sp³-hybridized carbons (Fsp3) is 0.276. The lowest BCUT2D eigenvalue weighted by molar-refractivity contribution is -0.123. The first-order valence-corrected chi connectivity index (χ1v) is 12.3. The number of allylic oxidation sites excluding steroid dienone is 4. The number of hydrogen-bond acceptors (Lipinski definition) is 10. The number of methoxy groups -OCH3 is 1. The second kappa shape index (κ2) is 10.3. The highest BCUT2D eigenvalue weighted by molar-refractivity contribution is 6.31. The standard InChI is InChI=1S/C29H28N2O9/c1-13-24(35)22(15(3)32)26-23(25(13)36)29(4)19(40-26)12-18(33)21(27(29)37)14(2)30-11-10-20(34)31-17-8-6-16(7-9-17)28(38)39-5/h6-9,12,30,35-36H,10-11H2,1-5H3,(H,31,34). The first-order valence-electron chi connectivity index (χ1n) is 12.3. The first kappa shape index (κ1) is 28.1. The van der Waals surface area contributed by atoms with Gasteiger partial charge in [0.05, 0.1) is 23.8 Å². The number of phenols is 2. The van der Waals surface area contributed by atoms with Crippen molar-refractivity contribution in [2.75, 3.05) is 19.0 Å². The normalized spacial score (nSPS) is 18.7. The molecule has 11 nitrogen and oxygen atoms in total. The van der Waals surface area contributed by atoms with E-state index >= 15 is 0 Å². The van der Waals surface area contributed by atoms with Gasteiger partial charge in [-0.15, -0.1) is 0 Å². The molecular formula is C29H28N2O9. The maximum Gasteiger partial charge on any atom is 0.337 e. The van der Waals surface area contributed by atoms with Crippen LogP contribution >= 0.6 is 0 Å². The minimum atomic E-state index is -1.62. The van der Waals surface area contributed by atoms with Gasteiger partial charge in [-0.05, 0) is 52.0 Å². The van der Waals surface area contributed by atoms with E-state index in [1.807, 2.05) is 0 Å². The monoisotopic (exact) mass is 548 g/mol. The van der Waals surface area contributed by atoms with Gasteiger partial charge in [0.15, 0.2) is 17.3 Å². The van der Waals surface area contributed by atoms with E-state index in [0.717, 1.165) is 6.08 Å². The van der Waals surface area contributed by atoms with Gasteiger partial charge >= 0.3 is 5.97 Å². The number of rotatable bonds is 7. The second-order valence-electron chi connectivity index (χ2n) is 9.68. The third-order valence-electron chi connectivity index (χ3n) is 7.09. The van der Waals surface area contributed by atoms with Crippen LogP contribution in [0.15, 0.2) is 47.4 Å². The Balaban J connectivity index is 1.54. The predicted octanol–water partition coefficient (Wildman–Crippen LogP) is 2.97. The Labute approximate surface area is 229 Å². The number of anilines is 1. The Bertz CT molecular complexity index is 1550. The number of aromatic hydroxyl groups is 2. The largest absolute Gasteiger partial charge is 0.507 e. The molecule has 0 fully saturated rings. The van der Waals surface area contributed by atoms with Crippen LogP contribution in [0.25, 0.3) is 0 Å². The first-order chi connectivity index (χ1) is 18.8. The van der Waals surface area contributed by atoms with E-state index in [4.69, 9.17) is 4.74 Å². The van der Waals surface area contributed by atoms with E-state index in [1.54, 1.807) is 12.1 Å². The number of ether oxygens (including phenoxy) is 2. The van der Waals surface area contributed by atoms with E-state index in [0.29, 0.717) is 11.3 Å². The van der Waals surface area contributed by atoms with Gasteiger partial charge in [0.1, 0.15) is 34.0 Å². The van der Waals surface area contributed by atoms with E-state index in [2.05, 4.69) is 15.4 Å². The highest BCUT2D eigenvalue weighted by atomic mass is 16.5. The molecule has 0 saturated heterocycles. The van der Waals surface area contributed by atoms with Crippen molar-refractivity contribution in [1.82, 2.24) is 5.32 Å². The molecule has 1 heterocycles. The highest BCUT2D eigenvalue weighted by Crippen LogP contribution is 2.57. The van der Waals surface area contributed by atoms with Crippen molar-refractivity contribution < 1.29 is 43.7 Å². The Kier molecular flexibility index (Phi) is 7.25. The quantitative estimate of drug-likeness (QED) is 0.175. The number of nitrogens with one attached hydrogen (secondary N) is 2. The molecule has 40 heavy (non-hydrogen) atoms. The fourth-order valence-electron chi connectivity index (χ4n) is 4.85. The maximum atomic E-state index is 13.8. The molecule has 2 aliphatic rings. The van der Waals surface area contributed by atoms with Gasteiger partial charge in [-0.2, -0.15) is 0 Å².